The van der Waals surface area contributed by atoms with Crippen molar-refractivity contribution in [1.29, 1.82) is 0 Å². The number of rotatable bonds is 5. The Labute approximate surface area is 123 Å². The molecule has 0 bridgehead atoms. The van der Waals surface area contributed by atoms with Gasteiger partial charge in [-0.1, -0.05) is 18.9 Å². The third-order valence-electron chi connectivity index (χ3n) is 4.30. The van der Waals surface area contributed by atoms with Gasteiger partial charge in [-0.15, -0.1) is 0 Å². The Morgan fingerprint density at radius 2 is 1.95 bits per heavy atom. The second-order valence-corrected chi connectivity index (χ2v) is 5.76. The summed E-state index contributed by atoms with van der Waals surface area (Å²) in [5.74, 6) is -0.679. The Balaban J connectivity index is 1.84. The van der Waals surface area contributed by atoms with Gasteiger partial charge in [0.15, 0.2) is 0 Å². The summed E-state index contributed by atoms with van der Waals surface area (Å²) in [4.78, 5) is 11.9. The standard InChI is InChI=1S/C16H22F2N2O/c17-14-6-5-11(15(18)8-14)7-16(21)20-10-13-4-2-1-3-12(13)9-19/h5-6,8,12-13H,1-4,7,9-10,19H2,(H,20,21). The van der Waals surface area contributed by atoms with E-state index in [0.29, 0.717) is 24.9 Å². The fourth-order valence-electron chi connectivity index (χ4n) is 3.01. The molecule has 0 aromatic heterocycles. The highest BCUT2D eigenvalue weighted by Gasteiger charge is 2.24. The number of carbonyl (C=O) groups is 1. The quantitative estimate of drug-likeness (QED) is 0.876. The normalized spacial score (nSPS) is 22.0. The first-order chi connectivity index (χ1) is 10.1. The fraction of sp³-hybridized carbons (Fsp3) is 0.562. The number of halogens is 2. The molecule has 1 aromatic rings. The van der Waals surface area contributed by atoms with Crippen LogP contribution in [0.1, 0.15) is 31.2 Å². The van der Waals surface area contributed by atoms with Gasteiger partial charge >= 0.3 is 0 Å². The van der Waals surface area contributed by atoms with Gasteiger partial charge in [0.2, 0.25) is 5.91 Å². The van der Waals surface area contributed by atoms with E-state index in [-0.39, 0.29) is 17.9 Å². The second kappa shape index (κ2) is 7.50. The lowest BCUT2D eigenvalue weighted by Crippen LogP contribution is -2.37. The van der Waals surface area contributed by atoms with E-state index in [1.807, 2.05) is 0 Å². The van der Waals surface area contributed by atoms with Crippen molar-refractivity contribution < 1.29 is 13.6 Å². The van der Waals surface area contributed by atoms with E-state index >= 15 is 0 Å². The van der Waals surface area contributed by atoms with Crippen molar-refractivity contribution in [2.45, 2.75) is 32.1 Å². The van der Waals surface area contributed by atoms with E-state index in [4.69, 9.17) is 5.73 Å². The second-order valence-electron chi connectivity index (χ2n) is 5.76. The number of hydrogen-bond acceptors (Lipinski definition) is 2. The molecule has 116 valence electrons. The van der Waals surface area contributed by atoms with Crippen molar-refractivity contribution in [3.63, 3.8) is 0 Å². The summed E-state index contributed by atoms with van der Waals surface area (Å²) >= 11 is 0. The molecule has 3 N–H and O–H groups in total. The molecule has 1 amide bonds. The number of hydrogen-bond donors (Lipinski definition) is 2. The van der Waals surface area contributed by atoms with Crippen molar-refractivity contribution >= 4 is 5.91 Å². The Kier molecular flexibility index (Phi) is 5.67. The van der Waals surface area contributed by atoms with Gasteiger partial charge in [-0.05, 0) is 42.9 Å². The van der Waals surface area contributed by atoms with E-state index in [2.05, 4.69) is 5.32 Å². The summed E-state index contributed by atoms with van der Waals surface area (Å²) in [5, 5.41) is 2.85. The Hall–Kier alpha value is -1.49. The van der Waals surface area contributed by atoms with Gasteiger partial charge in [0, 0.05) is 12.6 Å². The Morgan fingerprint density at radius 3 is 2.62 bits per heavy atom. The molecule has 21 heavy (non-hydrogen) atoms. The first-order valence-corrected chi connectivity index (χ1v) is 7.51. The van der Waals surface area contributed by atoms with Crippen LogP contribution in [-0.4, -0.2) is 19.0 Å². The van der Waals surface area contributed by atoms with Gasteiger partial charge in [-0.2, -0.15) is 0 Å². The van der Waals surface area contributed by atoms with Crippen LogP contribution in [0.5, 0.6) is 0 Å². The van der Waals surface area contributed by atoms with Gasteiger partial charge in [0.05, 0.1) is 6.42 Å². The molecule has 0 heterocycles. The third-order valence-corrected chi connectivity index (χ3v) is 4.30. The number of nitrogens with two attached hydrogens (primary N) is 1. The molecular formula is C16H22F2N2O. The van der Waals surface area contributed by atoms with E-state index in [1.165, 1.54) is 18.9 Å². The zero-order chi connectivity index (χ0) is 15.2. The number of carbonyl (C=O) groups excluding carboxylic acids is 1. The lowest BCUT2D eigenvalue weighted by Gasteiger charge is -2.30. The van der Waals surface area contributed by atoms with E-state index in [0.717, 1.165) is 25.0 Å². The monoisotopic (exact) mass is 296 g/mol. The summed E-state index contributed by atoms with van der Waals surface area (Å²) in [6.07, 6.45) is 4.50. The molecule has 1 fully saturated rings. The van der Waals surface area contributed by atoms with Crippen LogP contribution in [0.2, 0.25) is 0 Å². The SMILES string of the molecule is NCC1CCCCC1CNC(=O)Cc1ccc(F)cc1F. The first-order valence-electron chi connectivity index (χ1n) is 7.51. The van der Waals surface area contributed by atoms with Crippen LogP contribution in [-0.2, 0) is 11.2 Å². The zero-order valence-electron chi connectivity index (χ0n) is 12.1. The molecule has 0 saturated heterocycles. The highest BCUT2D eigenvalue weighted by atomic mass is 19.1. The van der Waals surface area contributed by atoms with Crippen LogP contribution in [0.15, 0.2) is 18.2 Å². The van der Waals surface area contributed by atoms with Gasteiger partial charge in [-0.25, -0.2) is 8.78 Å². The third kappa shape index (κ3) is 4.49. The summed E-state index contributed by atoms with van der Waals surface area (Å²) in [6, 6.07) is 3.28. The van der Waals surface area contributed by atoms with Gasteiger partial charge < -0.3 is 11.1 Å². The summed E-state index contributed by atoms with van der Waals surface area (Å²) in [5.41, 5.74) is 5.98. The van der Waals surface area contributed by atoms with E-state index in [9.17, 15) is 13.6 Å². The number of benzene rings is 1. The zero-order valence-corrected chi connectivity index (χ0v) is 12.1. The molecule has 5 heteroatoms. The Bertz CT molecular complexity index is 493. The summed E-state index contributed by atoms with van der Waals surface area (Å²) in [7, 11) is 0. The van der Waals surface area contributed by atoms with Gasteiger partial charge in [-0.3, -0.25) is 4.79 Å². The molecular weight excluding hydrogens is 274 g/mol. The maximum absolute atomic E-state index is 13.5. The molecule has 1 aliphatic rings. The predicted molar refractivity (Wildman–Crippen MR) is 77.6 cm³/mol. The maximum atomic E-state index is 13.5. The number of amides is 1. The van der Waals surface area contributed by atoms with Crippen molar-refractivity contribution in [2.24, 2.45) is 17.6 Å². The lowest BCUT2D eigenvalue weighted by molar-refractivity contribution is -0.120. The molecule has 1 aliphatic carbocycles. The van der Waals surface area contributed by atoms with E-state index in [1.54, 1.807) is 0 Å². The van der Waals surface area contributed by atoms with Crippen molar-refractivity contribution in [2.75, 3.05) is 13.1 Å². The van der Waals surface area contributed by atoms with Crippen molar-refractivity contribution in [3.05, 3.63) is 35.4 Å². The van der Waals surface area contributed by atoms with Gasteiger partial charge in [0.1, 0.15) is 11.6 Å². The summed E-state index contributed by atoms with van der Waals surface area (Å²) < 4.78 is 26.3. The van der Waals surface area contributed by atoms with Crippen molar-refractivity contribution in [3.8, 4) is 0 Å². The highest BCUT2D eigenvalue weighted by Crippen LogP contribution is 2.28. The average molecular weight is 296 g/mol. The van der Waals surface area contributed by atoms with Crippen LogP contribution >= 0.6 is 0 Å². The minimum Gasteiger partial charge on any atom is -0.356 e. The number of nitrogens with one attached hydrogen (secondary N) is 1. The molecule has 2 unspecified atom stereocenters. The van der Waals surface area contributed by atoms with Crippen LogP contribution in [0.4, 0.5) is 8.78 Å². The Morgan fingerprint density at radius 1 is 1.24 bits per heavy atom. The molecule has 2 atom stereocenters. The van der Waals surface area contributed by atoms with E-state index < -0.39 is 11.6 Å². The van der Waals surface area contributed by atoms with Crippen molar-refractivity contribution in [1.82, 2.24) is 5.32 Å². The topological polar surface area (TPSA) is 55.1 Å². The lowest BCUT2D eigenvalue weighted by atomic mass is 9.79. The predicted octanol–water partition coefficient (Wildman–Crippen LogP) is 2.39. The summed E-state index contributed by atoms with van der Waals surface area (Å²) in [6.45, 7) is 1.23. The van der Waals surface area contributed by atoms with Crippen LogP contribution in [0.3, 0.4) is 0 Å². The molecule has 1 aromatic carbocycles. The van der Waals surface area contributed by atoms with Crippen LogP contribution in [0, 0.1) is 23.5 Å². The fourth-order valence-corrected chi connectivity index (χ4v) is 3.01. The first kappa shape index (κ1) is 15.9. The van der Waals surface area contributed by atoms with Crippen LogP contribution in [0.25, 0.3) is 0 Å². The minimum absolute atomic E-state index is 0.0634. The minimum atomic E-state index is -0.678. The molecule has 0 radical (unpaired) electrons. The average Bonchev–Trinajstić information content (AvgIpc) is 2.48. The molecule has 3 nitrogen and oxygen atoms in total. The molecule has 0 spiro atoms. The van der Waals surface area contributed by atoms with Gasteiger partial charge in [0.25, 0.3) is 0 Å². The molecule has 2 rings (SSSR count). The van der Waals surface area contributed by atoms with Crippen LogP contribution < -0.4 is 11.1 Å². The smallest absolute Gasteiger partial charge is 0.224 e. The highest BCUT2D eigenvalue weighted by molar-refractivity contribution is 5.78. The molecule has 0 aliphatic heterocycles. The molecule has 1 saturated carbocycles. The maximum Gasteiger partial charge on any atom is 0.224 e. The largest absolute Gasteiger partial charge is 0.356 e.